The molecule has 1 heterocycles. The standard InChI is InChI=1S/C17H12ClFN2O2S/c1-10(15(22)11-4-8-14(19)9-5-11)24-17-21-20-16(23-17)12-2-6-13(18)7-3-12/h2-10H,1H3/t10-/m1/s1. The fraction of sp³-hybridized carbons (Fsp3) is 0.118. The Labute approximate surface area is 147 Å². The summed E-state index contributed by atoms with van der Waals surface area (Å²) < 4.78 is 18.5. The second kappa shape index (κ2) is 7.15. The van der Waals surface area contributed by atoms with E-state index in [1.165, 1.54) is 24.3 Å². The lowest BCUT2D eigenvalue weighted by Gasteiger charge is -2.07. The Morgan fingerprint density at radius 1 is 1.12 bits per heavy atom. The zero-order valence-corrected chi connectivity index (χ0v) is 14.1. The number of carbonyl (C=O) groups excluding carboxylic acids is 1. The van der Waals surface area contributed by atoms with Crippen LogP contribution >= 0.6 is 23.4 Å². The molecule has 0 bridgehead atoms. The summed E-state index contributed by atoms with van der Waals surface area (Å²) in [7, 11) is 0. The maximum atomic E-state index is 12.9. The molecule has 0 aliphatic carbocycles. The third kappa shape index (κ3) is 3.83. The predicted octanol–water partition coefficient (Wildman–Crippen LogP) is 4.89. The van der Waals surface area contributed by atoms with Crippen molar-refractivity contribution in [3.8, 4) is 11.5 Å². The lowest BCUT2D eigenvalue weighted by molar-refractivity contribution is 0.0993. The van der Waals surface area contributed by atoms with Crippen LogP contribution in [-0.2, 0) is 0 Å². The Kier molecular flexibility index (Phi) is 4.97. The molecule has 0 saturated carbocycles. The predicted molar refractivity (Wildman–Crippen MR) is 90.8 cm³/mol. The molecule has 0 aliphatic rings. The molecule has 3 rings (SSSR count). The van der Waals surface area contributed by atoms with Gasteiger partial charge in [-0.1, -0.05) is 23.4 Å². The van der Waals surface area contributed by atoms with Gasteiger partial charge in [-0.2, -0.15) is 0 Å². The fourth-order valence-electron chi connectivity index (χ4n) is 2.02. The summed E-state index contributed by atoms with van der Waals surface area (Å²) >= 11 is 7.00. The van der Waals surface area contributed by atoms with Gasteiger partial charge < -0.3 is 4.42 Å². The zero-order valence-electron chi connectivity index (χ0n) is 12.6. The highest BCUT2D eigenvalue weighted by Crippen LogP contribution is 2.28. The van der Waals surface area contributed by atoms with E-state index in [1.807, 2.05) is 0 Å². The van der Waals surface area contributed by atoms with Crippen molar-refractivity contribution in [3.63, 3.8) is 0 Å². The summed E-state index contributed by atoms with van der Waals surface area (Å²) in [5.74, 6) is -0.154. The van der Waals surface area contributed by atoms with Gasteiger partial charge >= 0.3 is 0 Å². The van der Waals surface area contributed by atoms with Gasteiger partial charge in [0.2, 0.25) is 5.89 Å². The Bertz CT molecular complexity index is 850. The first-order valence-corrected chi connectivity index (χ1v) is 8.34. The molecule has 0 saturated heterocycles. The highest BCUT2D eigenvalue weighted by molar-refractivity contribution is 8.00. The van der Waals surface area contributed by atoms with Crippen LogP contribution in [0.2, 0.25) is 5.02 Å². The summed E-state index contributed by atoms with van der Waals surface area (Å²) in [4.78, 5) is 12.3. The Morgan fingerprint density at radius 2 is 1.79 bits per heavy atom. The zero-order chi connectivity index (χ0) is 17.1. The third-order valence-corrected chi connectivity index (χ3v) is 4.46. The maximum absolute atomic E-state index is 12.9. The van der Waals surface area contributed by atoms with Crippen molar-refractivity contribution in [1.29, 1.82) is 0 Å². The molecule has 1 aromatic heterocycles. The van der Waals surface area contributed by atoms with E-state index in [0.29, 0.717) is 21.7 Å². The van der Waals surface area contributed by atoms with E-state index >= 15 is 0 Å². The molecule has 0 unspecified atom stereocenters. The smallest absolute Gasteiger partial charge is 0.277 e. The van der Waals surface area contributed by atoms with Gasteiger partial charge in [-0.3, -0.25) is 4.79 Å². The molecule has 4 nitrogen and oxygen atoms in total. The highest BCUT2D eigenvalue weighted by atomic mass is 35.5. The van der Waals surface area contributed by atoms with Gasteiger partial charge in [0.05, 0.1) is 5.25 Å². The molecule has 0 fully saturated rings. The van der Waals surface area contributed by atoms with Crippen LogP contribution in [0.3, 0.4) is 0 Å². The molecule has 3 aromatic rings. The number of hydrogen-bond donors (Lipinski definition) is 0. The first-order chi connectivity index (χ1) is 11.5. The van der Waals surface area contributed by atoms with Crippen molar-refractivity contribution >= 4 is 29.1 Å². The number of hydrogen-bond acceptors (Lipinski definition) is 5. The number of Topliss-reactive ketones (excluding diaryl/α,β-unsaturated/α-hetero) is 1. The fourth-order valence-corrected chi connectivity index (χ4v) is 2.91. The summed E-state index contributed by atoms with van der Waals surface area (Å²) in [6, 6.07) is 12.5. The number of halogens is 2. The van der Waals surface area contributed by atoms with Gasteiger partial charge in [0.15, 0.2) is 5.78 Å². The Morgan fingerprint density at radius 3 is 2.46 bits per heavy atom. The molecule has 0 radical (unpaired) electrons. The van der Waals surface area contributed by atoms with E-state index in [9.17, 15) is 9.18 Å². The van der Waals surface area contributed by atoms with Crippen LogP contribution in [0, 0.1) is 5.82 Å². The van der Waals surface area contributed by atoms with Crippen LogP contribution < -0.4 is 0 Å². The molecule has 0 N–H and O–H groups in total. The monoisotopic (exact) mass is 362 g/mol. The minimum absolute atomic E-state index is 0.133. The van der Waals surface area contributed by atoms with Gasteiger partial charge in [-0.25, -0.2) is 4.39 Å². The van der Waals surface area contributed by atoms with Crippen LogP contribution in [0.5, 0.6) is 0 Å². The largest absolute Gasteiger partial charge is 0.411 e. The molecule has 7 heteroatoms. The topological polar surface area (TPSA) is 56.0 Å². The molecule has 0 spiro atoms. The van der Waals surface area contributed by atoms with E-state index in [-0.39, 0.29) is 11.6 Å². The minimum atomic E-state index is -0.436. The SMILES string of the molecule is C[C@@H](Sc1nnc(-c2ccc(Cl)cc2)o1)C(=O)c1ccc(F)cc1. The number of benzene rings is 2. The average molecular weight is 363 g/mol. The van der Waals surface area contributed by atoms with Gasteiger partial charge in [-0.15, -0.1) is 10.2 Å². The Hall–Kier alpha value is -2.18. The number of rotatable bonds is 5. The summed E-state index contributed by atoms with van der Waals surface area (Å²) in [6.07, 6.45) is 0. The van der Waals surface area contributed by atoms with Gasteiger partial charge in [0, 0.05) is 16.1 Å². The van der Waals surface area contributed by atoms with Crippen LogP contribution in [0.4, 0.5) is 4.39 Å². The van der Waals surface area contributed by atoms with E-state index in [1.54, 1.807) is 31.2 Å². The number of ketones is 1. The van der Waals surface area contributed by atoms with E-state index in [0.717, 1.165) is 17.3 Å². The average Bonchev–Trinajstić information content (AvgIpc) is 3.04. The lowest BCUT2D eigenvalue weighted by Crippen LogP contribution is -2.13. The van der Waals surface area contributed by atoms with Crippen molar-refractivity contribution in [2.24, 2.45) is 0 Å². The highest BCUT2D eigenvalue weighted by Gasteiger charge is 2.20. The summed E-state index contributed by atoms with van der Waals surface area (Å²) in [5, 5.41) is 8.39. The molecular weight excluding hydrogens is 351 g/mol. The molecule has 24 heavy (non-hydrogen) atoms. The molecule has 0 amide bonds. The van der Waals surface area contributed by atoms with Crippen LogP contribution in [0.1, 0.15) is 17.3 Å². The number of aromatic nitrogens is 2. The third-order valence-electron chi connectivity index (χ3n) is 3.27. The molecule has 1 atom stereocenters. The van der Waals surface area contributed by atoms with Gasteiger partial charge in [0.1, 0.15) is 5.82 Å². The second-order valence-electron chi connectivity index (χ2n) is 5.01. The first kappa shape index (κ1) is 16.7. The molecule has 0 aliphatic heterocycles. The first-order valence-electron chi connectivity index (χ1n) is 7.09. The number of thioether (sulfide) groups is 1. The summed E-state index contributed by atoms with van der Waals surface area (Å²) in [5.41, 5.74) is 1.19. The van der Waals surface area contributed by atoms with Crippen molar-refractivity contribution in [3.05, 3.63) is 64.9 Å². The van der Waals surface area contributed by atoms with Crippen LogP contribution in [-0.4, -0.2) is 21.2 Å². The van der Waals surface area contributed by atoms with E-state index in [4.69, 9.17) is 16.0 Å². The number of carbonyl (C=O) groups is 1. The van der Waals surface area contributed by atoms with E-state index in [2.05, 4.69) is 10.2 Å². The van der Waals surface area contributed by atoms with Gasteiger partial charge in [0.25, 0.3) is 5.22 Å². The van der Waals surface area contributed by atoms with E-state index < -0.39 is 5.25 Å². The van der Waals surface area contributed by atoms with Crippen molar-refractivity contribution in [2.75, 3.05) is 0 Å². The maximum Gasteiger partial charge on any atom is 0.277 e. The Balaban J connectivity index is 1.70. The normalized spacial score (nSPS) is 12.1. The van der Waals surface area contributed by atoms with Crippen molar-refractivity contribution in [2.45, 2.75) is 17.4 Å². The summed E-state index contributed by atoms with van der Waals surface area (Å²) in [6.45, 7) is 1.74. The molecule has 2 aromatic carbocycles. The second-order valence-corrected chi connectivity index (χ2v) is 6.74. The van der Waals surface area contributed by atoms with Crippen molar-refractivity contribution < 1.29 is 13.6 Å². The quantitative estimate of drug-likeness (QED) is 0.477. The van der Waals surface area contributed by atoms with Crippen LogP contribution in [0.25, 0.3) is 11.5 Å². The lowest BCUT2D eigenvalue weighted by atomic mass is 10.1. The van der Waals surface area contributed by atoms with Crippen molar-refractivity contribution in [1.82, 2.24) is 10.2 Å². The number of nitrogens with zero attached hydrogens (tertiary/aromatic N) is 2. The molecule has 122 valence electrons. The van der Waals surface area contributed by atoms with Crippen LogP contribution in [0.15, 0.2) is 58.2 Å². The molecular formula is C17H12ClFN2O2S. The van der Waals surface area contributed by atoms with Gasteiger partial charge in [-0.05, 0) is 55.5 Å². The minimum Gasteiger partial charge on any atom is -0.411 e.